The first-order valence-corrected chi connectivity index (χ1v) is 11.6. The van der Waals surface area contributed by atoms with E-state index in [-0.39, 0.29) is 18.3 Å². The van der Waals surface area contributed by atoms with Crippen molar-refractivity contribution in [2.45, 2.75) is 84.1 Å². The minimum Gasteiger partial charge on any atom is -0.396 e. The molecule has 1 atom stereocenters. The largest absolute Gasteiger partial charge is 0.396 e. The molecule has 1 aliphatic carbocycles. The highest BCUT2D eigenvalue weighted by atomic mass is 35.5. The summed E-state index contributed by atoms with van der Waals surface area (Å²) in [5, 5.41) is 19.3. The van der Waals surface area contributed by atoms with Crippen LogP contribution in [0.1, 0.15) is 87.1 Å². The van der Waals surface area contributed by atoms with Gasteiger partial charge in [-0.2, -0.15) is 0 Å². The molecule has 2 aromatic rings. The number of carbonyl (C=O) groups is 1. The van der Waals surface area contributed by atoms with E-state index in [1.165, 1.54) is 6.42 Å². The van der Waals surface area contributed by atoms with E-state index in [0.29, 0.717) is 36.2 Å². The summed E-state index contributed by atoms with van der Waals surface area (Å²) < 4.78 is 2.28. The quantitative estimate of drug-likeness (QED) is 0.500. The van der Waals surface area contributed by atoms with Gasteiger partial charge in [0.15, 0.2) is 0 Å². The number of aryl methyl sites for hydroxylation is 1. The van der Waals surface area contributed by atoms with Crippen molar-refractivity contribution in [3.8, 4) is 0 Å². The Bertz CT molecular complexity index is 858. The van der Waals surface area contributed by atoms with Crippen LogP contribution in [-0.2, 0) is 17.6 Å². The molecule has 164 valence electrons. The maximum Gasteiger partial charge on any atom is 0.138 e. The molecule has 1 aromatic carbocycles. The summed E-state index contributed by atoms with van der Waals surface area (Å²) >= 11 is 6.21. The van der Waals surface area contributed by atoms with Gasteiger partial charge in [0.05, 0.1) is 0 Å². The molecule has 0 bridgehead atoms. The fourth-order valence-electron chi connectivity index (χ4n) is 4.07. The average molecular weight is 432 g/mol. The highest BCUT2D eigenvalue weighted by molar-refractivity contribution is 6.31. The second-order valence-electron chi connectivity index (χ2n) is 9.01. The van der Waals surface area contributed by atoms with Crippen molar-refractivity contribution < 1.29 is 9.90 Å². The van der Waals surface area contributed by atoms with Gasteiger partial charge in [0.2, 0.25) is 0 Å². The lowest BCUT2D eigenvalue weighted by molar-refractivity contribution is -0.118. The third-order valence-corrected chi connectivity index (χ3v) is 6.38. The molecular weight excluding hydrogens is 398 g/mol. The van der Waals surface area contributed by atoms with Crippen LogP contribution in [0.2, 0.25) is 5.02 Å². The molecule has 0 amide bonds. The third kappa shape index (κ3) is 5.92. The lowest BCUT2D eigenvalue weighted by Gasteiger charge is -2.18. The zero-order chi connectivity index (χ0) is 21.7. The van der Waals surface area contributed by atoms with Gasteiger partial charge in [0.1, 0.15) is 17.4 Å². The molecule has 1 heterocycles. The number of aliphatic hydroxyl groups excluding tert-OH is 1. The molecule has 1 saturated carbocycles. The van der Waals surface area contributed by atoms with Crippen LogP contribution in [0.4, 0.5) is 0 Å². The van der Waals surface area contributed by atoms with Crippen molar-refractivity contribution >= 4 is 17.4 Å². The fourth-order valence-corrected chi connectivity index (χ4v) is 4.26. The monoisotopic (exact) mass is 431 g/mol. The molecule has 3 rings (SSSR count). The van der Waals surface area contributed by atoms with E-state index < -0.39 is 0 Å². The van der Waals surface area contributed by atoms with Gasteiger partial charge in [-0.15, -0.1) is 10.2 Å². The lowest BCUT2D eigenvalue weighted by Crippen LogP contribution is -2.17. The van der Waals surface area contributed by atoms with E-state index in [1.54, 1.807) is 0 Å². The van der Waals surface area contributed by atoms with Gasteiger partial charge in [0.25, 0.3) is 0 Å². The first-order chi connectivity index (χ1) is 14.4. The number of hydrogen-bond donors (Lipinski definition) is 1. The van der Waals surface area contributed by atoms with Crippen LogP contribution in [0.3, 0.4) is 0 Å². The lowest BCUT2D eigenvalue weighted by atomic mass is 9.93. The van der Waals surface area contributed by atoms with Crippen molar-refractivity contribution in [3.63, 3.8) is 0 Å². The summed E-state index contributed by atoms with van der Waals surface area (Å²) in [6.45, 7) is 6.46. The number of halogens is 1. The number of hydrogen-bond acceptors (Lipinski definition) is 4. The molecule has 1 unspecified atom stereocenters. The summed E-state index contributed by atoms with van der Waals surface area (Å²) in [5.41, 5.74) is 1.92. The van der Waals surface area contributed by atoms with Crippen molar-refractivity contribution in [3.05, 3.63) is 46.0 Å². The number of carbonyl (C=O) groups excluding carboxylic acids is 1. The Morgan fingerprint density at radius 2 is 2.03 bits per heavy atom. The number of aromatic nitrogens is 3. The molecule has 30 heavy (non-hydrogen) atoms. The smallest absolute Gasteiger partial charge is 0.138 e. The van der Waals surface area contributed by atoms with Gasteiger partial charge in [-0.25, -0.2) is 0 Å². The van der Waals surface area contributed by atoms with Crippen molar-refractivity contribution in [1.82, 2.24) is 14.8 Å². The van der Waals surface area contributed by atoms with Gasteiger partial charge in [-0.05, 0) is 55.7 Å². The van der Waals surface area contributed by atoms with Gasteiger partial charge < -0.3 is 9.67 Å². The normalized spacial score (nSPS) is 15.0. The first kappa shape index (κ1) is 23.0. The van der Waals surface area contributed by atoms with Crippen LogP contribution in [0.5, 0.6) is 0 Å². The minimum absolute atomic E-state index is 0.0361. The standard InChI is InChI=1S/C24H34ClN3O2/c1-16(2)6-4-9-23-26-27-24(28(23)20-10-11-20)19(12-13-29)15-21(30)14-18-7-5-8-22(25)17(18)3/h5,7-8,16,19-20,29H,4,6,9-15H2,1-3H3. The number of ketones is 1. The molecule has 0 spiro atoms. The van der Waals surface area contributed by atoms with Crippen LogP contribution >= 0.6 is 11.6 Å². The van der Waals surface area contributed by atoms with Gasteiger partial charge >= 0.3 is 0 Å². The molecular formula is C24H34ClN3O2. The van der Waals surface area contributed by atoms with Crippen molar-refractivity contribution in [1.29, 1.82) is 0 Å². The Kier molecular flexibility index (Phi) is 8.06. The molecule has 0 aliphatic heterocycles. The molecule has 1 fully saturated rings. The number of rotatable bonds is 12. The zero-order valence-electron chi connectivity index (χ0n) is 18.4. The van der Waals surface area contributed by atoms with Gasteiger partial charge in [0, 0.05) is 42.9 Å². The van der Waals surface area contributed by atoms with E-state index in [0.717, 1.165) is 48.5 Å². The van der Waals surface area contributed by atoms with Crippen LogP contribution in [0.15, 0.2) is 18.2 Å². The van der Waals surface area contributed by atoms with Crippen molar-refractivity contribution in [2.75, 3.05) is 6.61 Å². The highest BCUT2D eigenvalue weighted by Crippen LogP contribution is 2.39. The molecule has 6 heteroatoms. The van der Waals surface area contributed by atoms with Crippen LogP contribution in [0, 0.1) is 12.8 Å². The van der Waals surface area contributed by atoms with Crippen LogP contribution in [-0.4, -0.2) is 32.3 Å². The first-order valence-electron chi connectivity index (χ1n) is 11.2. The predicted molar refractivity (Wildman–Crippen MR) is 120 cm³/mol. The summed E-state index contributed by atoms with van der Waals surface area (Å²) in [4.78, 5) is 12.9. The maximum atomic E-state index is 12.9. The summed E-state index contributed by atoms with van der Waals surface area (Å²) in [7, 11) is 0. The molecule has 1 aliphatic rings. The number of Topliss-reactive ketones (excluding diaryl/α,β-unsaturated/α-hetero) is 1. The fraction of sp³-hybridized carbons (Fsp3) is 0.625. The summed E-state index contributed by atoms with van der Waals surface area (Å²) in [6.07, 6.45) is 6.72. The van der Waals surface area contributed by atoms with E-state index in [9.17, 15) is 9.90 Å². The molecule has 5 nitrogen and oxygen atoms in total. The third-order valence-electron chi connectivity index (χ3n) is 5.97. The van der Waals surface area contributed by atoms with Gasteiger partial charge in [-0.3, -0.25) is 4.79 Å². The maximum absolute atomic E-state index is 12.9. The van der Waals surface area contributed by atoms with Crippen molar-refractivity contribution in [2.24, 2.45) is 5.92 Å². The van der Waals surface area contributed by atoms with E-state index in [2.05, 4.69) is 28.6 Å². The Hall–Kier alpha value is -1.72. The SMILES string of the molecule is Cc1c(Cl)cccc1CC(=O)CC(CCO)c1nnc(CCCC(C)C)n1C1CC1. The highest BCUT2D eigenvalue weighted by Gasteiger charge is 2.32. The number of nitrogens with zero attached hydrogens (tertiary/aromatic N) is 3. The van der Waals surface area contributed by atoms with E-state index in [4.69, 9.17) is 11.6 Å². The zero-order valence-corrected chi connectivity index (χ0v) is 19.2. The molecule has 0 radical (unpaired) electrons. The van der Waals surface area contributed by atoms with E-state index in [1.807, 2.05) is 25.1 Å². The second kappa shape index (κ2) is 10.5. The topological polar surface area (TPSA) is 68.0 Å². The Morgan fingerprint density at radius 1 is 1.27 bits per heavy atom. The molecule has 0 saturated heterocycles. The number of benzene rings is 1. The second-order valence-corrected chi connectivity index (χ2v) is 9.42. The molecule has 1 N–H and O–H groups in total. The Morgan fingerprint density at radius 3 is 2.70 bits per heavy atom. The van der Waals surface area contributed by atoms with E-state index >= 15 is 0 Å². The molecule has 1 aromatic heterocycles. The van der Waals surface area contributed by atoms with Crippen LogP contribution < -0.4 is 0 Å². The average Bonchev–Trinajstić information content (AvgIpc) is 3.44. The summed E-state index contributed by atoms with van der Waals surface area (Å²) in [5.74, 6) is 2.63. The Balaban J connectivity index is 1.74. The summed E-state index contributed by atoms with van der Waals surface area (Å²) in [6, 6.07) is 6.14. The minimum atomic E-state index is -0.103. The number of aliphatic hydroxyl groups is 1. The van der Waals surface area contributed by atoms with Crippen LogP contribution in [0.25, 0.3) is 0 Å². The Labute approximate surface area is 184 Å². The van der Waals surface area contributed by atoms with Gasteiger partial charge in [-0.1, -0.05) is 44.0 Å². The predicted octanol–water partition coefficient (Wildman–Crippen LogP) is 5.22.